The lowest BCUT2D eigenvalue weighted by atomic mass is 9.95. The maximum absolute atomic E-state index is 11.4. The summed E-state index contributed by atoms with van der Waals surface area (Å²) in [6.45, 7) is 4.19. The van der Waals surface area contributed by atoms with Crippen LogP contribution in [0.3, 0.4) is 0 Å². The molecule has 4 rings (SSSR count). The molecule has 0 bridgehead atoms. The highest BCUT2D eigenvalue weighted by Crippen LogP contribution is 2.36. The lowest BCUT2D eigenvalue weighted by Crippen LogP contribution is -2.52. The van der Waals surface area contributed by atoms with Crippen molar-refractivity contribution in [2.75, 3.05) is 31.1 Å². The van der Waals surface area contributed by atoms with Crippen LogP contribution in [0.2, 0.25) is 10.0 Å². The molecule has 2 atom stereocenters. The first-order chi connectivity index (χ1) is 15.8. The summed E-state index contributed by atoms with van der Waals surface area (Å²) in [4.78, 5) is 18.5. The quantitative estimate of drug-likeness (QED) is 0.565. The molecule has 1 fully saturated rings. The summed E-state index contributed by atoms with van der Waals surface area (Å²) in [5.41, 5.74) is 1.77. The summed E-state index contributed by atoms with van der Waals surface area (Å²) < 4.78 is 0. The first-order valence-corrected chi connectivity index (χ1v) is 11.4. The normalized spacial score (nSPS) is 18.5. The molecule has 0 spiro atoms. The molecule has 0 saturated carbocycles. The molecular weight excluding hydrogens is 459 g/mol. The van der Waals surface area contributed by atoms with E-state index in [4.69, 9.17) is 23.2 Å². The van der Waals surface area contributed by atoms with E-state index in [0.717, 1.165) is 11.3 Å². The number of aliphatic hydroxyl groups is 1. The van der Waals surface area contributed by atoms with Crippen LogP contribution in [-0.4, -0.2) is 41.2 Å². The number of benzene rings is 2. The molecule has 3 aromatic rings. The van der Waals surface area contributed by atoms with Crippen LogP contribution in [0.25, 0.3) is 0 Å². The number of hydrogen-bond acceptors (Lipinski definition) is 5. The molecule has 6 nitrogen and oxygen atoms in total. The molecular formula is C25H24Cl2N4O2. The van der Waals surface area contributed by atoms with E-state index in [1.807, 2.05) is 30.3 Å². The molecule has 33 heavy (non-hydrogen) atoms. The molecule has 2 heterocycles. The number of hydrogen-bond donors (Lipinski definition) is 2. The zero-order chi connectivity index (χ0) is 23.6. The van der Waals surface area contributed by atoms with Crippen LogP contribution in [0, 0.1) is 11.3 Å². The highest BCUT2D eigenvalue weighted by atomic mass is 35.5. The number of nitrogens with one attached hydrogen (secondary N) is 1. The number of pyridine rings is 1. The summed E-state index contributed by atoms with van der Waals surface area (Å²) in [5, 5.41) is 21.5. The minimum atomic E-state index is -1.14. The smallest absolute Gasteiger partial charge is 0.247 e. The average Bonchev–Trinajstić information content (AvgIpc) is 2.80. The molecule has 1 saturated heterocycles. The fourth-order valence-electron chi connectivity index (χ4n) is 4.32. The molecule has 1 aliphatic rings. The lowest BCUT2D eigenvalue weighted by Gasteiger charge is -2.45. The van der Waals surface area contributed by atoms with Gasteiger partial charge in [-0.1, -0.05) is 35.3 Å². The fraction of sp³-hybridized carbons (Fsp3) is 0.280. The van der Waals surface area contributed by atoms with Gasteiger partial charge in [0.15, 0.2) is 0 Å². The topological polar surface area (TPSA) is 83.4 Å². The highest BCUT2D eigenvalue weighted by Gasteiger charge is 2.34. The number of H-pyrrole nitrogens is 1. The molecule has 1 unspecified atom stereocenters. The van der Waals surface area contributed by atoms with Crippen molar-refractivity contribution in [3.05, 3.63) is 97.9 Å². The van der Waals surface area contributed by atoms with E-state index < -0.39 is 5.60 Å². The van der Waals surface area contributed by atoms with Gasteiger partial charge in [0.1, 0.15) is 5.60 Å². The van der Waals surface area contributed by atoms with Crippen molar-refractivity contribution in [2.45, 2.75) is 18.6 Å². The summed E-state index contributed by atoms with van der Waals surface area (Å²) in [6, 6.07) is 18.2. The standard InChI is InChI=1S/C25H24Cl2N4O2/c1-25(33,19-5-9-24(32)29-14-19)16-30-10-11-31(22-8-2-17(13-28)12-21(22)27)23(15-30)18-3-6-20(26)7-4-18/h2-9,12,14,23,33H,10-11,15-16H2,1H3,(H,29,32)/t23?,25-/m1/s1. The van der Waals surface area contributed by atoms with Crippen LogP contribution < -0.4 is 10.5 Å². The number of rotatable bonds is 5. The molecule has 2 aromatic carbocycles. The lowest BCUT2D eigenvalue weighted by molar-refractivity contribution is 0.01000. The molecule has 1 aromatic heterocycles. The Bertz CT molecular complexity index is 1210. The van der Waals surface area contributed by atoms with Crippen molar-refractivity contribution < 1.29 is 5.11 Å². The van der Waals surface area contributed by atoms with Crippen LogP contribution >= 0.6 is 23.2 Å². The number of nitriles is 1. The summed E-state index contributed by atoms with van der Waals surface area (Å²) in [6.07, 6.45) is 1.56. The van der Waals surface area contributed by atoms with Crippen LogP contribution in [0.4, 0.5) is 5.69 Å². The van der Waals surface area contributed by atoms with E-state index in [9.17, 15) is 15.2 Å². The third-order valence-corrected chi connectivity index (χ3v) is 6.60. The molecule has 170 valence electrons. The Labute approximate surface area is 202 Å². The second-order valence-corrected chi connectivity index (χ2v) is 9.33. The van der Waals surface area contributed by atoms with Crippen LogP contribution in [0.5, 0.6) is 0 Å². The zero-order valence-electron chi connectivity index (χ0n) is 18.1. The van der Waals surface area contributed by atoms with E-state index >= 15 is 0 Å². The summed E-state index contributed by atoms with van der Waals surface area (Å²) in [5.74, 6) is 0. The molecule has 1 aliphatic heterocycles. The Morgan fingerprint density at radius 1 is 1.15 bits per heavy atom. The van der Waals surface area contributed by atoms with Gasteiger partial charge < -0.3 is 15.0 Å². The van der Waals surface area contributed by atoms with Crippen molar-refractivity contribution >= 4 is 28.9 Å². The van der Waals surface area contributed by atoms with Gasteiger partial charge in [-0.2, -0.15) is 5.26 Å². The summed E-state index contributed by atoms with van der Waals surface area (Å²) in [7, 11) is 0. The number of aromatic nitrogens is 1. The number of anilines is 1. The molecule has 2 N–H and O–H groups in total. The van der Waals surface area contributed by atoms with Crippen molar-refractivity contribution in [3.8, 4) is 6.07 Å². The third kappa shape index (κ3) is 5.23. The van der Waals surface area contributed by atoms with Crippen LogP contribution in [0.1, 0.15) is 29.7 Å². The van der Waals surface area contributed by atoms with E-state index in [2.05, 4.69) is 20.9 Å². The summed E-state index contributed by atoms with van der Waals surface area (Å²) >= 11 is 12.7. The van der Waals surface area contributed by atoms with Crippen LogP contribution in [-0.2, 0) is 5.60 Å². The van der Waals surface area contributed by atoms with Gasteiger partial charge in [0.05, 0.1) is 28.4 Å². The number of nitrogens with zero attached hydrogens (tertiary/aromatic N) is 3. The van der Waals surface area contributed by atoms with Crippen molar-refractivity contribution in [2.24, 2.45) is 0 Å². The number of aromatic amines is 1. The predicted octanol–water partition coefficient (Wildman–Crippen LogP) is 4.32. The van der Waals surface area contributed by atoms with E-state index in [-0.39, 0.29) is 11.6 Å². The first-order valence-electron chi connectivity index (χ1n) is 10.6. The molecule has 0 amide bonds. The first kappa shape index (κ1) is 23.3. The molecule has 0 aliphatic carbocycles. The number of β-amino-alcohol motifs (C(OH)–C–C–N with tert-alkyl or cyclic N) is 1. The maximum atomic E-state index is 11.4. The molecule has 8 heteroatoms. The average molecular weight is 483 g/mol. The Morgan fingerprint density at radius 3 is 2.55 bits per heavy atom. The van der Waals surface area contributed by atoms with Gasteiger partial charge in [-0.25, -0.2) is 0 Å². The van der Waals surface area contributed by atoms with Gasteiger partial charge in [-0.05, 0) is 48.9 Å². The van der Waals surface area contributed by atoms with E-state index in [0.29, 0.717) is 47.4 Å². The van der Waals surface area contributed by atoms with Gasteiger partial charge in [0, 0.05) is 49.0 Å². The number of halogens is 2. The molecule has 0 radical (unpaired) electrons. The van der Waals surface area contributed by atoms with Gasteiger partial charge in [0.2, 0.25) is 5.56 Å². The minimum absolute atomic E-state index is 0.0344. The Kier molecular flexibility index (Phi) is 6.78. The second kappa shape index (κ2) is 9.58. The zero-order valence-corrected chi connectivity index (χ0v) is 19.6. The predicted molar refractivity (Wildman–Crippen MR) is 131 cm³/mol. The Balaban J connectivity index is 1.62. The Morgan fingerprint density at radius 2 is 1.91 bits per heavy atom. The maximum Gasteiger partial charge on any atom is 0.247 e. The van der Waals surface area contributed by atoms with E-state index in [1.54, 1.807) is 31.3 Å². The fourth-order valence-corrected chi connectivity index (χ4v) is 4.74. The van der Waals surface area contributed by atoms with Crippen LogP contribution in [0.15, 0.2) is 65.6 Å². The van der Waals surface area contributed by atoms with Gasteiger partial charge in [-0.15, -0.1) is 0 Å². The highest BCUT2D eigenvalue weighted by molar-refractivity contribution is 6.33. The minimum Gasteiger partial charge on any atom is -0.384 e. The third-order valence-electron chi connectivity index (χ3n) is 6.04. The van der Waals surface area contributed by atoms with Gasteiger partial charge in [0.25, 0.3) is 0 Å². The van der Waals surface area contributed by atoms with Crippen molar-refractivity contribution in [3.63, 3.8) is 0 Å². The van der Waals surface area contributed by atoms with Crippen molar-refractivity contribution in [1.29, 1.82) is 5.26 Å². The van der Waals surface area contributed by atoms with Gasteiger partial charge in [-0.3, -0.25) is 9.69 Å². The largest absolute Gasteiger partial charge is 0.384 e. The second-order valence-electron chi connectivity index (χ2n) is 8.49. The Hall–Kier alpha value is -2.82. The SMILES string of the molecule is C[C@@](O)(CN1CCN(c2ccc(C#N)cc2Cl)C(c2ccc(Cl)cc2)C1)c1ccc(=O)[nH]c1. The number of piperazine rings is 1. The van der Waals surface area contributed by atoms with Gasteiger partial charge >= 0.3 is 0 Å². The monoisotopic (exact) mass is 482 g/mol. The van der Waals surface area contributed by atoms with E-state index in [1.165, 1.54) is 6.07 Å². The van der Waals surface area contributed by atoms with Crippen molar-refractivity contribution in [1.82, 2.24) is 9.88 Å².